The number of rotatable bonds is 10. The average Bonchev–Trinajstić information content (AvgIpc) is 3.60. The van der Waals surface area contributed by atoms with Gasteiger partial charge in [-0.2, -0.15) is 0 Å². The van der Waals surface area contributed by atoms with Crippen LogP contribution in [0.3, 0.4) is 0 Å². The Labute approximate surface area is 239 Å². The molecule has 0 fully saturated rings. The number of thiazole rings is 1. The van der Waals surface area contributed by atoms with Crippen LogP contribution in [-0.4, -0.2) is 57.5 Å². The minimum absolute atomic E-state index is 0.0882. The number of carbonyl (C=O) groups is 2. The predicted octanol–water partition coefficient (Wildman–Crippen LogP) is 4.89. The van der Waals surface area contributed by atoms with Crippen molar-refractivity contribution in [3.63, 3.8) is 0 Å². The molecule has 2 heterocycles. The molecule has 0 spiro atoms. The van der Waals surface area contributed by atoms with Gasteiger partial charge in [0.15, 0.2) is 0 Å². The number of hydrogen-bond acceptors (Lipinski definition) is 8. The second-order valence-electron chi connectivity index (χ2n) is 8.73. The number of para-hydroxylation sites is 1. The lowest BCUT2D eigenvalue weighted by Gasteiger charge is -2.22. The summed E-state index contributed by atoms with van der Waals surface area (Å²) < 4.78 is 12.1. The molecule has 0 bridgehead atoms. The van der Waals surface area contributed by atoms with E-state index in [1.807, 2.05) is 41.8 Å². The predicted molar refractivity (Wildman–Crippen MR) is 154 cm³/mol. The number of ether oxygens (including phenoxy) is 2. The average molecular weight is 577 g/mol. The van der Waals surface area contributed by atoms with Gasteiger partial charge in [0, 0.05) is 22.0 Å². The van der Waals surface area contributed by atoms with Crippen LogP contribution in [0.1, 0.15) is 5.01 Å². The second-order valence-corrected chi connectivity index (χ2v) is 10.1. The molecule has 1 N–H and O–H groups in total. The summed E-state index contributed by atoms with van der Waals surface area (Å²) in [6.07, 6.45) is 0. The standard InChI is InChI=1S/C28H25ClN6O4S/c1-38-20-11-12-22(25(13-20)39-2)30-26(36)14-34(28(37)16-35-24-6-4-3-5-21(24)32-33-35)15-27-31-23(17-40-27)18-7-9-19(29)10-8-18/h3-13,17H,14-16H2,1-2H3,(H,30,36). The molecule has 12 heteroatoms. The SMILES string of the molecule is COc1ccc(NC(=O)CN(Cc2nc(-c3ccc(Cl)cc3)cs2)C(=O)Cn2nnc3ccccc32)c(OC)c1. The van der Waals surface area contributed by atoms with Crippen molar-refractivity contribution in [2.45, 2.75) is 13.1 Å². The molecule has 0 atom stereocenters. The summed E-state index contributed by atoms with van der Waals surface area (Å²) in [7, 11) is 3.05. The van der Waals surface area contributed by atoms with Gasteiger partial charge in [0.05, 0.1) is 37.7 Å². The lowest BCUT2D eigenvalue weighted by molar-refractivity contribution is -0.136. The van der Waals surface area contributed by atoms with Gasteiger partial charge in [-0.25, -0.2) is 9.67 Å². The highest BCUT2D eigenvalue weighted by Gasteiger charge is 2.22. The van der Waals surface area contributed by atoms with E-state index in [4.69, 9.17) is 26.1 Å². The molecule has 5 rings (SSSR count). The van der Waals surface area contributed by atoms with Gasteiger partial charge in [0.2, 0.25) is 11.8 Å². The Balaban J connectivity index is 1.37. The molecule has 5 aromatic rings. The van der Waals surface area contributed by atoms with E-state index in [2.05, 4.69) is 15.6 Å². The zero-order chi connectivity index (χ0) is 28.1. The summed E-state index contributed by atoms with van der Waals surface area (Å²) in [5, 5.41) is 14.3. The maximum atomic E-state index is 13.5. The van der Waals surface area contributed by atoms with Gasteiger partial charge in [-0.05, 0) is 36.4 Å². The summed E-state index contributed by atoms with van der Waals surface area (Å²) in [4.78, 5) is 32.9. The summed E-state index contributed by atoms with van der Waals surface area (Å²) >= 11 is 7.43. The number of aromatic nitrogens is 4. The quantitative estimate of drug-likeness (QED) is 0.252. The number of benzene rings is 3. The third-order valence-corrected chi connectivity index (χ3v) is 7.18. The number of hydrogen-bond donors (Lipinski definition) is 1. The highest BCUT2D eigenvalue weighted by molar-refractivity contribution is 7.09. The van der Waals surface area contributed by atoms with Crippen molar-refractivity contribution in [1.82, 2.24) is 24.9 Å². The Morgan fingerprint density at radius 2 is 1.85 bits per heavy atom. The minimum atomic E-state index is -0.394. The molecule has 2 amide bonds. The van der Waals surface area contributed by atoms with Crippen LogP contribution in [0.5, 0.6) is 11.5 Å². The van der Waals surface area contributed by atoms with Crippen molar-refractivity contribution < 1.29 is 19.1 Å². The topological polar surface area (TPSA) is 111 Å². The minimum Gasteiger partial charge on any atom is -0.497 e. The number of anilines is 1. The summed E-state index contributed by atoms with van der Waals surface area (Å²) in [5.74, 6) is 0.324. The van der Waals surface area contributed by atoms with Crippen LogP contribution in [0.25, 0.3) is 22.3 Å². The first kappa shape index (κ1) is 27.1. The van der Waals surface area contributed by atoms with Gasteiger partial charge in [0.1, 0.15) is 35.1 Å². The fraction of sp³-hybridized carbons (Fsp3) is 0.179. The van der Waals surface area contributed by atoms with Gasteiger partial charge < -0.3 is 19.7 Å². The molecule has 3 aromatic carbocycles. The monoisotopic (exact) mass is 576 g/mol. The lowest BCUT2D eigenvalue weighted by atomic mass is 10.2. The van der Waals surface area contributed by atoms with E-state index in [1.165, 1.54) is 28.0 Å². The van der Waals surface area contributed by atoms with E-state index < -0.39 is 5.91 Å². The van der Waals surface area contributed by atoms with Gasteiger partial charge in [0.25, 0.3) is 0 Å². The van der Waals surface area contributed by atoms with E-state index in [0.29, 0.717) is 32.7 Å². The van der Waals surface area contributed by atoms with Gasteiger partial charge in [-0.3, -0.25) is 9.59 Å². The Hall–Kier alpha value is -4.48. The Morgan fingerprint density at radius 3 is 2.62 bits per heavy atom. The van der Waals surface area contributed by atoms with Gasteiger partial charge in [-0.1, -0.05) is 41.1 Å². The number of halogens is 1. The maximum Gasteiger partial charge on any atom is 0.245 e. The highest BCUT2D eigenvalue weighted by atomic mass is 35.5. The van der Waals surface area contributed by atoms with Gasteiger partial charge >= 0.3 is 0 Å². The molecule has 0 aliphatic heterocycles. The Morgan fingerprint density at radius 1 is 1.05 bits per heavy atom. The molecule has 10 nitrogen and oxygen atoms in total. The fourth-order valence-corrected chi connectivity index (χ4v) is 5.00. The smallest absolute Gasteiger partial charge is 0.245 e. The van der Waals surface area contributed by atoms with Crippen molar-refractivity contribution in [3.05, 3.63) is 82.1 Å². The first-order chi connectivity index (χ1) is 19.4. The molecule has 2 aromatic heterocycles. The number of nitrogens with one attached hydrogen (secondary N) is 1. The largest absolute Gasteiger partial charge is 0.497 e. The third-order valence-electron chi connectivity index (χ3n) is 6.09. The van der Waals surface area contributed by atoms with Crippen LogP contribution < -0.4 is 14.8 Å². The van der Waals surface area contributed by atoms with E-state index >= 15 is 0 Å². The van der Waals surface area contributed by atoms with Crippen LogP contribution in [-0.2, 0) is 22.7 Å². The van der Waals surface area contributed by atoms with E-state index in [0.717, 1.165) is 16.8 Å². The van der Waals surface area contributed by atoms with Crippen molar-refractivity contribution in [1.29, 1.82) is 0 Å². The number of nitrogens with zero attached hydrogens (tertiary/aromatic N) is 5. The van der Waals surface area contributed by atoms with E-state index in [-0.39, 0.29) is 25.5 Å². The molecule has 0 unspecified atom stereocenters. The number of carbonyl (C=O) groups excluding carboxylic acids is 2. The summed E-state index contributed by atoms with van der Waals surface area (Å²) in [6, 6.07) is 19.8. The van der Waals surface area contributed by atoms with Crippen molar-refractivity contribution >= 4 is 51.5 Å². The fourth-order valence-electron chi connectivity index (χ4n) is 4.06. The Kier molecular flexibility index (Phi) is 8.23. The normalized spacial score (nSPS) is 10.9. The molecule has 40 heavy (non-hydrogen) atoms. The highest BCUT2D eigenvalue weighted by Crippen LogP contribution is 2.29. The first-order valence-corrected chi connectivity index (χ1v) is 13.5. The molecule has 0 saturated heterocycles. The molecule has 0 aliphatic rings. The van der Waals surface area contributed by atoms with Crippen LogP contribution in [0.4, 0.5) is 5.69 Å². The first-order valence-electron chi connectivity index (χ1n) is 12.2. The number of amides is 2. The molecule has 204 valence electrons. The zero-order valence-corrected chi connectivity index (χ0v) is 23.3. The summed E-state index contributed by atoms with van der Waals surface area (Å²) in [6.45, 7) is -0.164. The van der Waals surface area contributed by atoms with Crippen LogP contribution in [0, 0.1) is 0 Å². The molecule has 0 radical (unpaired) electrons. The number of methoxy groups -OCH3 is 2. The summed E-state index contributed by atoms with van der Waals surface area (Å²) in [5.41, 5.74) is 3.53. The van der Waals surface area contributed by atoms with Crippen LogP contribution >= 0.6 is 22.9 Å². The van der Waals surface area contributed by atoms with E-state index in [1.54, 1.807) is 37.4 Å². The number of fused-ring (bicyclic) bond motifs is 1. The van der Waals surface area contributed by atoms with Gasteiger partial charge in [-0.15, -0.1) is 16.4 Å². The van der Waals surface area contributed by atoms with Crippen molar-refractivity contribution in [2.24, 2.45) is 0 Å². The van der Waals surface area contributed by atoms with Crippen molar-refractivity contribution in [3.8, 4) is 22.8 Å². The maximum absolute atomic E-state index is 13.5. The second kappa shape index (κ2) is 12.1. The molecular formula is C28H25ClN6O4S. The van der Waals surface area contributed by atoms with Crippen LogP contribution in [0.15, 0.2) is 72.1 Å². The Bertz CT molecular complexity index is 1650. The molecule has 0 aliphatic carbocycles. The lowest BCUT2D eigenvalue weighted by Crippen LogP contribution is -2.39. The van der Waals surface area contributed by atoms with Crippen molar-refractivity contribution in [2.75, 3.05) is 26.1 Å². The molecule has 0 saturated carbocycles. The molecular weight excluding hydrogens is 552 g/mol. The third kappa shape index (κ3) is 6.22. The van der Waals surface area contributed by atoms with E-state index in [9.17, 15) is 9.59 Å². The van der Waals surface area contributed by atoms with Crippen LogP contribution in [0.2, 0.25) is 5.02 Å². The zero-order valence-electron chi connectivity index (χ0n) is 21.7.